The summed E-state index contributed by atoms with van der Waals surface area (Å²) in [5.41, 5.74) is 0. The Labute approximate surface area is 156 Å². The third-order valence-corrected chi connectivity index (χ3v) is 0.667. The van der Waals surface area contributed by atoms with Gasteiger partial charge in [-0.2, -0.15) is 0 Å². The monoisotopic (exact) mass is 216 g/mol. The van der Waals surface area contributed by atoms with E-state index in [1.165, 1.54) is 0 Å². The van der Waals surface area contributed by atoms with E-state index in [1.807, 2.05) is 36.4 Å². The second kappa shape index (κ2) is 15.2. The average molecular weight is 216 g/mol. The van der Waals surface area contributed by atoms with E-state index in [0.29, 0.717) is 0 Å². The first-order valence-corrected chi connectivity index (χ1v) is 2.61. The smallest absolute Gasteiger partial charge is 0.652 e. The predicted octanol–water partition coefficient (Wildman–Crippen LogP) is -6.75. The van der Waals surface area contributed by atoms with E-state index in [0.717, 1.165) is 0 Å². The van der Waals surface area contributed by atoms with Crippen molar-refractivity contribution in [3.8, 4) is 0 Å². The van der Waals surface area contributed by atoms with Gasteiger partial charge >= 0.3 is 103 Å². The largest absolute Gasteiger partial charge is 1.00 e. The van der Waals surface area contributed by atoms with Gasteiger partial charge in [0.1, 0.15) is 0 Å². The van der Waals surface area contributed by atoms with E-state index in [2.05, 4.69) is 0 Å². The molecule has 0 bridgehead atoms. The van der Waals surface area contributed by atoms with Crippen LogP contribution >= 0.6 is 0 Å². The summed E-state index contributed by atoms with van der Waals surface area (Å²) in [7, 11) is 0. The standard InChI is InChI=1S/C6H6.CH2O3.2K/c1-2-4-6-5-3-1;2-1(3)4;;/h1-6H;(H2,2,3,4);;/q;;2*+1/p-2. The maximum absolute atomic E-state index is 8.33. The molecule has 12 heavy (non-hydrogen) atoms. The summed E-state index contributed by atoms with van der Waals surface area (Å²) in [5.74, 6) is 0. The van der Waals surface area contributed by atoms with Crippen LogP contribution in [0, 0.1) is 0 Å². The molecular weight excluding hydrogens is 210 g/mol. The Morgan fingerprint density at radius 1 is 0.750 bits per heavy atom. The number of rotatable bonds is 0. The van der Waals surface area contributed by atoms with Crippen molar-refractivity contribution in [2.24, 2.45) is 0 Å². The molecule has 0 amide bonds. The fourth-order valence-corrected chi connectivity index (χ4v) is 0.385. The van der Waals surface area contributed by atoms with Gasteiger partial charge in [0.2, 0.25) is 0 Å². The molecule has 1 aromatic carbocycles. The van der Waals surface area contributed by atoms with Crippen molar-refractivity contribution in [3.63, 3.8) is 0 Å². The van der Waals surface area contributed by atoms with Crippen LogP contribution in [0.2, 0.25) is 0 Å². The third-order valence-electron chi connectivity index (χ3n) is 0.667. The molecule has 54 valence electrons. The predicted molar refractivity (Wildman–Crippen MR) is 31.8 cm³/mol. The molecule has 3 nitrogen and oxygen atoms in total. The first-order valence-electron chi connectivity index (χ1n) is 2.61. The van der Waals surface area contributed by atoms with Gasteiger partial charge in [-0.1, -0.05) is 36.4 Å². The van der Waals surface area contributed by atoms with Gasteiger partial charge in [0.25, 0.3) is 0 Å². The number of carbonyl (C=O) groups excluding carboxylic acids is 1. The second-order valence-electron chi connectivity index (χ2n) is 1.40. The van der Waals surface area contributed by atoms with Crippen molar-refractivity contribution in [2.75, 3.05) is 0 Å². The molecule has 0 heterocycles. The fraction of sp³-hybridized carbons (Fsp3) is 0. The van der Waals surface area contributed by atoms with Crippen LogP contribution in [0.15, 0.2) is 36.4 Å². The van der Waals surface area contributed by atoms with Crippen molar-refractivity contribution in [3.05, 3.63) is 36.4 Å². The molecule has 0 aliphatic carbocycles. The molecule has 1 aromatic rings. The number of carbonyl (C=O) groups is 1. The fourth-order valence-electron chi connectivity index (χ4n) is 0.385. The summed E-state index contributed by atoms with van der Waals surface area (Å²) in [6.07, 6.45) is -2.33. The Bertz CT molecular complexity index is 149. The van der Waals surface area contributed by atoms with Crippen LogP contribution in [0.4, 0.5) is 4.79 Å². The molecule has 0 unspecified atom stereocenters. The van der Waals surface area contributed by atoms with E-state index in [4.69, 9.17) is 15.0 Å². The van der Waals surface area contributed by atoms with Crippen LogP contribution in [-0.4, -0.2) is 6.16 Å². The number of carboxylic acid groups (broad SMARTS) is 2. The van der Waals surface area contributed by atoms with Crippen LogP contribution in [0.3, 0.4) is 0 Å². The van der Waals surface area contributed by atoms with Gasteiger partial charge in [0.05, 0.1) is 0 Å². The number of hydrogen-bond donors (Lipinski definition) is 0. The van der Waals surface area contributed by atoms with Gasteiger partial charge in [0, 0.05) is 0 Å². The van der Waals surface area contributed by atoms with Crippen LogP contribution in [0.1, 0.15) is 0 Å². The number of hydrogen-bond acceptors (Lipinski definition) is 3. The summed E-state index contributed by atoms with van der Waals surface area (Å²) in [6, 6.07) is 12.0. The molecule has 0 radical (unpaired) electrons. The summed E-state index contributed by atoms with van der Waals surface area (Å²) < 4.78 is 0. The van der Waals surface area contributed by atoms with E-state index < -0.39 is 6.16 Å². The van der Waals surface area contributed by atoms with E-state index in [1.54, 1.807) is 0 Å². The summed E-state index contributed by atoms with van der Waals surface area (Å²) in [4.78, 5) is 8.33. The zero-order chi connectivity index (χ0) is 7.82. The minimum atomic E-state index is -2.33. The minimum absolute atomic E-state index is 0. The number of benzene rings is 1. The summed E-state index contributed by atoms with van der Waals surface area (Å²) in [6.45, 7) is 0. The van der Waals surface area contributed by atoms with Gasteiger partial charge in [0.15, 0.2) is 0 Å². The van der Waals surface area contributed by atoms with E-state index >= 15 is 0 Å². The zero-order valence-electron chi connectivity index (χ0n) is 7.19. The van der Waals surface area contributed by atoms with Gasteiger partial charge in [-0.15, -0.1) is 0 Å². The third kappa shape index (κ3) is 22.6. The normalized spacial score (nSPS) is 6.00. The van der Waals surface area contributed by atoms with Crippen LogP contribution < -0.4 is 113 Å². The molecule has 0 saturated carbocycles. The molecule has 0 spiro atoms. The molecule has 0 aliphatic rings. The molecular formula is C7H6K2O3. The molecule has 0 aliphatic heterocycles. The Morgan fingerprint density at radius 2 is 0.833 bits per heavy atom. The Hall–Kier alpha value is 1.76. The van der Waals surface area contributed by atoms with Crippen molar-refractivity contribution >= 4 is 6.16 Å². The van der Waals surface area contributed by atoms with Crippen molar-refractivity contribution in [1.82, 2.24) is 0 Å². The molecule has 1 rings (SSSR count). The van der Waals surface area contributed by atoms with E-state index in [-0.39, 0.29) is 103 Å². The van der Waals surface area contributed by atoms with Crippen molar-refractivity contribution < 1.29 is 118 Å². The zero-order valence-corrected chi connectivity index (χ0v) is 13.4. The SMILES string of the molecule is O=C([O-])[O-].[K+].[K+].c1ccccc1. The maximum atomic E-state index is 8.33. The van der Waals surface area contributed by atoms with Crippen molar-refractivity contribution in [1.29, 1.82) is 0 Å². The van der Waals surface area contributed by atoms with Gasteiger partial charge < -0.3 is 15.0 Å². The molecule has 0 saturated heterocycles. The average Bonchev–Trinajstić information content (AvgIpc) is 1.90. The van der Waals surface area contributed by atoms with Crippen LogP contribution in [0.25, 0.3) is 0 Å². The Morgan fingerprint density at radius 3 is 0.917 bits per heavy atom. The first kappa shape index (κ1) is 19.4. The molecule has 0 fully saturated rings. The molecule has 5 heteroatoms. The molecule has 0 atom stereocenters. The quantitative estimate of drug-likeness (QED) is 0.405. The minimum Gasteiger partial charge on any atom is -0.652 e. The second-order valence-corrected chi connectivity index (χ2v) is 1.40. The summed E-state index contributed by atoms with van der Waals surface area (Å²) in [5, 5.41) is 16.7. The van der Waals surface area contributed by atoms with Gasteiger partial charge in [-0.25, -0.2) is 0 Å². The van der Waals surface area contributed by atoms with Gasteiger partial charge in [-0.05, 0) is 6.16 Å². The van der Waals surface area contributed by atoms with Crippen LogP contribution in [0.5, 0.6) is 0 Å². The van der Waals surface area contributed by atoms with Crippen LogP contribution in [-0.2, 0) is 0 Å². The molecule has 0 N–H and O–H groups in total. The van der Waals surface area contributed by atoms with E-state index in [9.17, 15) is 0 Å². The first-order chi connectivity index (χ1) is 4.73. The maximum Gasteiger partial charge on any atom is 1.00 e. The van der Waals surface area contributed by atoms with Crippen molar-refractivity contribution in [2.45, 2.75) is 0 Å². The molecule has 0 aromatic heterocycles. The Kier molecular flexibility index (Phi) is 24.6. The summed E-state index contributed by atoms with van der Waals surface area (Å²) >= 11 is 0. The Balaban J connectivity index is -0.000000124. The topological polar surface area (TPSA) is 63.2 Å². The van der Waals surface area contributed by atoms with Gasteiger partial charge in [-0.3, -0.25) is 0 Å².